The number of benzene rings is 1. The molecule has 1 aliphatic rings. The third-order valence-electron chi connectivity index (χ3n) is 3.04. The number of nitrogens with two attached hydrogens (primary N) is 1. The van der Waals surface area contributed by atoms with Crippen molar-refractivity contribution in [3.8, 4) is 0 Å². The Labute approximate surface area is 133 Å². The first kappa shape index (κ1) is 17.0. The SMILES string of the molecule is CC(C)(C)OC(=O)Nc1ccc(N2C[C@H](CN)OC2=O)cc1F. The Morgan fingerprint density at radius 2 is 2.22 bits per heavy atom. The van der Waals surface area contributed by atoms with Crippen LogP contribution in [0.1, 0.15) is 20.8 Å². The molecule has 0 radical (unpaired) electrons. The zero-order valence-corrected chi connectivity index (χ0v) is 13.3. The predicted molar refractivity (Wildman–Crippen MR) is 82.9 cm³/mol. The van der Waals surface area contributed by atoms with Gasteiger partial charge in [-0.2, -0.15) is 0 Å². The Balaban J connectivity index is 2.09. The monoisotopic (exact) mass is 325 g/mol. The minimum atomic E-state index is -0.757. The molecule has 3 N–H and O–H groups in total. The number of cyclic esters (lactones) is 1. The molecule has 7 nitrogen and oxygen atoms in total. The third-order valence-corrected chi connectivity index (χ3v) is 3.04. The van der Waals surface area contributed by atoms with E-state index in [0.717, 1.165) is 6.07 Å². The summed E-state index contributed by atoms with van der Waals surface area (Å²) in [6, 6.07) is 4.01. The Bertz CT molecular complexity index is 615. The van der Waals surface area contributed by atoms with Crippen LogP contribution < -0.4 is 16.0 Å². The molecule has 8 heteroatoms. The van der Waals surface area contributed by atoms with E-state index in [9.17, 15) is 14.0 Å². The van der Waals surface area contributed by atoms with Gasteiger partial charge in [0.05, 0.1) is 17.9 Å². The van der Waals surface area contributed by atoms with Gasteiger partial charge in [0.25, 0.3) is 0 Å². The molecule has 0 aliphatic carbocycles. The second-order valence-electron chi connectivity index (χ2n) is 6.14. The number of rotatable bonds is 3. The predicted octanol–water partition coefficient (Wildman–Crippen LogP) is 2.46. The van der Waals surface area contributed by atoms with Gasteiger partial charge in [-0.05, 0) is 39.0 Å². The smallest absolute Gasteiger partial charge is 0.414 e. The number of nitrogens with zero attached hydrogens (tertiary/aromatic N) is 1. The maximum absolute atomic E-state index is 14.1. The van der Waals surface area contributed by atoms with Crippen molar-refractivity contribution in [1.29, 1.82) is 0 Å². The maximum atomic E-state index is 14.1. The third kappa shape index (κ3) is 4.32. The number of ether oxygens (including phenoxy) is 2. The molecule has 0 aromatic heterocycles. The van der Waals surface area contributed by atoms with Crippen LogP contribution in [0.25, 0.3) is 0 Å². The molecule has 0 saturated carbocycles. The molecule has 0 bridgehead atoms. The molecule has 1 atom stereocenters. The molecular formula is C15H20FN3O4. The number of nitrogens with one attached hydrogen (secondary N) is 1. The molecule has 2 amide bonds. The number of carbonyl (C=O) groups excluding carboxylic acids is 2. The number of carbonyl (C=O) groups is 2. The Morgan fingerprint density at radius 1 is 1.52 bits per heavy atom. The van der Waals surface area contributed by atoms with Crippen LogP contribution in [0.15, 0.2) is 18.2 Å². The molecule has 1 saturated heterocycles. The minimum absolute atomic E-state index is 0.0362. The van der Waals surface area contributed by atoms with Crippen molar-refractivity contribution in [3.63, 3.8) is 0 Å². The second kappa shape index (κ2) is 6.41. The van der Waals surface area contributed by atoms with Crippen LogP contribution in [0.4, 0.5) is 25.4 Å². The minimum Gasteiger partial charge on any atom is -0.444 e. The average molecular weight is 325 g/mol. The summed E-state index contributed by atoms with van der Waals surface area (Å²) in [6.45, 7) is 5.58. The first-order chi connectivity index (χ1) is 10.7. The number of hydrogen-bond donors (Lipinski definition) is 2. The van der Waals surface area contributed by atoms with E-state index in [1.165, 1.54) is 17.0 Å². The fourth-order valence-electron chi connectivity index (χ4n) is 2.04. The normalized spacial score (nSPS) is 17.9. The Morgan fingerprint density at radius 3 is 2.74 bits per heavy atom. The van der Waals surface area contributed by atoms with Gasteiger partial charge in [-0.25, -0.2) is 14.0 Å². The van der Waals surface area contributed by atoms with Crippen molar-refractivity contribution in [3.05, 3.63) is 24.0 Å². The van der Waals surface area contributed by atoms with Gasteiger partial charge < -0.3 is 15.2 Å². The summed E-state index contributed by atoms with van der Waals surface area (Å²) >= 11 is 0. The van der Waals surface area contributed by atoms with E-state index in [4.69, 9.17) is 15.2 Å². The first-order valence-electron chi connectivity index (χ1n) is 7.17. The summed E-state index contributed by atoms with van der Waals surface area (Å²) in [6.07, 6.45) is -1.74. The number of amides is 2. The highest BCUT2D eigenvalue weighted by atomic mass is 19.1. The first-order valence-corrected chi connectivity index (χ1v) is 7.17. The number of anilines is 2. The van der Waals surface area contributed by atoms with Gasteiger partial charge >= 0.3 is 12.2 Å². The highest BCUT2D eigenvalue weighted by Crippen LogP contribution is 2.26. The Hall–Kier alpha value is -2.35. The zero-order valence-electron chi connectivity index (χ0n) is 13.3. The van der Waals surface area contributed by atoms with Gasteiger partial charge in [0.2, 0.25) is 0 Å². The van der Waals surface area contributed by atoms with Crippen LogP contribution in [0, 0.1) is 5.82 Å². The highest BCUT2D eigenvalue weighted by molar-refractivity contribution is 5.91. The molecule has 1 aromatic rings. The zero-order chi connectivity index (χ0) is 17.2. The standard InChI is InChI=1S/C15H20FN3O4/c1-15(2,3)23-13(20)18-12-5-4-9(6-11(12)16)19-8-10(7-17)22-14(19)21/h4-6,10H,7-8,17H2,1-3H3,(H,18,20)/t10-/m0/s1. The summed E-state index contributed by atoms with van der Waals surface area (Å²) in [5.41, 5.74) is 5.07. The van der Waals surface area contributed by atoms with Crippen LogP contribution in [0.2, 0.25) is 0 Å². The van der Waals surface area contributed by atoms with E-state index in [-0.39, 0.29) is 18.8 Å². The van der Waals surface area contributed by atoms with E-state index in [1.54, 1.807) is 20.8 Å². The fraction of sp³-hybridized carbons (Fsp3) is 0.467. The summed E-state index contributed by atoms with van der Waals surface area (Å²) in [5, 5.41) is 2.32. The molecular weight excluding hydrogens is 305 g/mol. The molecule has 23 heavy (non-hydrogen) atoms. The van der Waals surface area contributed by atoms with Crippen LogP contribution >= 0.6 is 0 Å². The topological polar surface area (TPSA) is 93.9 Å². The lowest BCUT2D eigenvalue weighted by Crippen LogP contribution is -2.28. The number of hydrogen-bond acceptors (Lipinski definition) is 5. The molecule has 1 heterocycles. The van der Waals surface area contributed by atoms with E-state index < -0.39 is 29.7 Å². The van der Waals surface area contributed by atoms with Crippen LogP contribution in [-0.4, -0.2) is 37.0 Å². The molecule has 1 aromatic carbocycles. The second-order valence-corrected chi connectivity index (χ2v) is 6.14. The lowest BCUT2D eigenvalue weighted by Gasteiger charge is -2.20. The van der Waals surface area contributed by atoms with Crippen LogP contribution in [0.5, 0.6) is 0 Å². The van der Waals surface area contributed by atoms with Crippen molar-refractivity contribution in [2.75, 3.05) is 23.3 Å². The molecule has 0 unspecified atom stereocenters. The summed E-state index contributed by atoms with van der Waals surface area (Å²) in [5.74, 6) is -0.683. The van der Waals surface area contributed by atoms with Crippen molar-refractivity contribution in [2.24, 2.45) is 5.73 Å². The molecule has 1 fully saturated rings. The van der Waals surface area contributed by atoms with Gasteiger partial charge in [0.15, 0.2) is 0 Å². The molecule has 0 spiro atoms. The van der Waals surface area contributed by atoms with Crippen LogP contribution in [-0.2, 0) is 9.47 Å². The fourth-order valence-corrected chi connectivity index (χ4v) is 2.04. The van der Waals surface area contributed by atoms with Gasteiger partial charge in [0, 0.05) is 6.54 Å². The maximum Gasteiger partial charge on any atom is 0.414 e. The van der Waals surface area contributed by atoms with Crippen molar-refractivity contribution in [2.45, 2.75) is 32.5 Å². The largest absolute Gasteiger partial charge is 0.444 e. The van der Waals surface area contributed by atoms with Gasteiger partial charge in [0.1, 0.15) is 17.5 Å². The quantitative estimate of drug-likeness (QED) is 0.890. The Kier molecular flexibility index (Phi) is 4.74. The number of halogens is 1. The lowest BCUT2D eigenvalue weighted by molar-refractivity contribution is 0.0635. The summed E-state index contributed by atoms with van der Waals surface area (Å²) < 4.78 is 24.2. The van der Waals surface area contributed by atoms with Gasteiger partial charge in [-0.1, -0.05) is 0 Å². The summed E-state index contributed by atoms with van der Waals surface area (Å²) in [4.78, 5) is 24.7. The van der Waals surface area contributed by atoms with Gasteiger partial charge in [-0.3, -0.25) is 10.2 Å². The van der Waals surface area contributed by atoms with E-state index in [0.29, 0.717) is 5.69 Å². The molecule has 2 rings (SSSR count). The van der Waals surface area contributed by atoms with E-state index in [1.807, 2.05) is 0 Å². The van der Waals surface area contributed by atoms with Crippen molar-refractivity contribution < 1.29 is 23.5 Å². The molecule has 126 valence electrons. The summed E-state index contributed by atoms with van der Waals surface area (Å²) in [7, 11) is 0. The van der Waals surface area contributed by atoms with E-state index in [2.05, 4.69) is 5.32 Å². The molecule has 1 aliphatic heterocycles. The lowest BCUT2D eigenvalue weighted by atomic mass is 10.2. The van der Waals surface area contributed by atoms with Crippen molar-refractivity contribution >= 4 is 23.6 Å². The van der Waals surface area contributed by atoms with E-state index >= 15 is 0 Å². The van der Waals surface area contributed by atoms with Crippen LogP contribution in [0.3, 0.4) is 0 Å². The van der Waals surface area contributed by atoms with Gasteiger partial charge in [-0.15, -0.1) is 0 Å². The average Bonchev–Trinajstić information content (AvgIpc) is 2.80. The van der Waals surface area contributed by atoms with Crippen molar-refractivity contribution in [1.82, 2.24) is 0 Å². The highest BCUT2D eigenvalue weighted by Gasteiger charge is 2.31.